The molecule has 3 aromatic carbocycles. The molecule has 0 heterocycles. The number of nitriles is 1. The van der Waals surface area contributed by atoms with Crippen LogP contribution in [0.3, 0.4) is 0 Å². The number of hydrogen-bond donors (Lipinski definition) is 1. The number of carbonyl (C=O) groups is 1. The molecule has 3 aromatic rings. The van der Waals surface area contributed by atoms with Gasteiger partial charge in [-0.1, -0.05) is 42.0 Å². The van der Waals surface area contributed by atoms with E-state index in [2.05, 4.69) is 5.32 Å². The van der Waals surface area contributed by atoms with Gasteiger partial charge >= 0.3 is 0 Å². The van der Waals surface area contributed by atoms with Crippen molar-refractivity contribution in [2.45, 2.75) is 20.5 Å². The fourth-order valence-corrected chi connectivity index (χ4v) is 3.08. The number of benzene rings is 3. The van der Waals surface area contributed by atoms with Gasteiger partial charge in [-0.05, 0) is 55.3 Å². The van der Waals surface area contributed by atoms with Gasteiger partial charge in [-0.15, -0.1) is 0 Å². The number of carbonyl (C=O) groups excluding carboxylic acids is 1. The van der Waals surface area contributed by atoms with Crippen molar-refractivity contribution >= 4 is 17.7 Å². The zero-order valence-corrected chi connectivity index (χ0v) is 18.9. The molecule has 0 bridgehead atoms. The molecule has 0 aliphatic carbocycles. The van der Waals surface area contributed by atoms with Crippen molar-refractivity contribution in [1.29, 1.82) is 5.26 Å². The Labute approximate surface area is 194 Å². The average molecular weight is 443 g/mol. The summed E-state index contributed by atoms with van der Waals surface area (Å²) in [7, 11) is 1.55. The molecule has 0 fully saturated rings. The van der Waals surface area contributed by atoms with E-state index in [-0.39, 0.29) is 5.57 Å². The number of anilines is 1. The molecule has 6 heteroatoms. The molecular weight excluding hydrogens is 416 g/mol. The first-order valence-corrected chi connectivity index (χ1v) is 10.5. The van der Waals surface area contributed by atoms with Crippen LogP contribution in [0, 0.1) is 18.3 Å². The van der Waals surface area contributed by atoms with Gasteiger partial charge in [0, 0.05) is 11.8 Å². The molecule has 0 saturated carbocycles. The monoisotopic (exact) mass is 442 g/mol. The van der Waals surface area contributed by atoms with Crippen LogP contribution < -0.4 is 19.5 Å². The molecule has 0 unspecified atom stereocenters. The third-order valence-electron chi connectivity index (χ3n) is 4.78. The molecule has 6 nitrogen and oxygen atoms in total. The van der Waals surface area contributed by atoms with Gasteiger partial charge in [0.05, 0.1) is 13.7 Å². The van der Waals surface area contributed by atoms with Crippen molar-refractivity contribution in [3.05, 3.63) is 89.0 Å². The molecule has 0 saturated heterocycles. The molecule has 3 rings (SSSR count). The van der Waals surface area contributed by atoms with E-state index in [9.17, 15) is 10.1 Å². The number of nitrogens with zero attached hydrogens (tertiary/aromatic N) is 1. The van der Waals surface area contributed by atoms with Gasteiger partial charge in [0.25, 0.3) is 5.91 Å². The van der Waals surface area contributed by atoms with Crippen LogP contribution in [-0.4, -0.2) is 19.6 Å². The molecule has 1 amide bonds. The molecule has 0 aromatic heterocycles. The van der Waals surface area contributed by atoms with E-state index in [1.165, 1.54) is 11.6 Å². The second-order valence-electron chi connectivity index (χ2n) is 7.27. The van der Waals surface area contributed by atoms with Crippen molar-refractivity contribution in [2.75, 3.05) is 19.0 Å². The highest BCUT2D eigenvalue weighted by Crippen LogP contribution is 2.30. The van der Waals surface area contributed by atoms with Crippen molar-refractivity contribution < 1.29 is 19.0 Å². The highest BCUT2D eigenvalue weighted by molar-refractivity contribution is 6.09. The van der Waals surface area contributed by atoms with E-state index in [4.69, 9.17) is 14.2 Å². The number of rotatable bonds is 9. The number of aryl methyl sites for hydroxylation is 1. The van der Waals surface area contributed by atoms with Crippen LogP contribution in [0.15, 0.2) is 72.3 Å². The van der Waals surface area contributed by atoms with Crippen LogP contribution in [0.5, 0.6) is 17.2 Å². The van der Waals surface area contributed by atoms with E-state index in [1.54, 1.807) is 49.6 Å². The van der Waals surface area contributed by atoms with Crippen LogP contribution in [0.4, 0.5) is 5.69 Å². The van der Waals surface area contributed by atoms with Gasteiger partial charge in [-0.3, -0.25) is 4.79 Å². The Morgan fingerprint density at radius 1 is 1.03 bits per heavy atom. The van der Waals surface area contributed by atoms with Gasteiger partial charge < -0.3 is 19.5 Å². The predicted molar refractivity (Wildman–Crippen MR) is 128 cm³/mol. The summed E-state index contributed by atoms with van der Waals surface area (Å²) in [4.78, 5) is 12.6. The summed E-state index contributed by atoms with van der Waals surface area (Å²) in [5, 5.41) is 12.3. The Kier molecular flexibility index (Phi) is 8.09. The number of hydrogen-bond acceptors (Lipinski definition) is 5. The highest BCUT2D eigenvalue weighted by atomic mass is 16.5. The minimum atomic E-state index is -0.509. The van der Waals surface area contributed by atoms with Crippen molar-refractivity contribution in [1.82, 2.24) is 0 Å². The standard InChI is InChI=1S/C27H26N2O4/c1-4-32-24-7-5-6-23(16-24)29-27(30)22(17-28)14-21-12-13-25(26(15-21)31-3)33-18-20-10-8-19(2)9-11-20/h5-16H,4,18H2,1-3H3,(H,29,30)/b22-14-. The first-order valence-electron chi connectivity index (χ1n) is 10.5. The summed E-state index contributed by atoms with van der Waals surface area (Å²) >= 11 is 0. The van der Waals surface area contributed by atoms with Crippen LogP contribution in [0.1, 0.15) is 23.6 Å². The van der Waals surface area contributed by atoms with Crippen LogP contribution in [0.25, 0.3) is 6.08 Å². The van der Waals surface area contributed by atoms with E-state index in [1.807, 2.05) is 44.2 Å². The summed E-state index contributed by atoms with van der Waals surface area (Å²) in [5.41, 5.74) is 3.39. The Balaban J connectivity index is 1.73. The first-order chi connectivity index (χ1) is 16.0. The second kappa shape index (κ2) is 11.4. The Morgan fingerprint density at radius 2 is 1.82 bits per heavy atom. The minimum Gasteiger partial charge on any atom is -0.494 e. The number of amides is 1. The Morgan fingerprint density at radius 3 is 2.52 bits per heavy atom. The van der Waals surface area contributed by atoms with Gasteiger partial charge in [-0.25, -0.2) is 0 Å². The lowest BCUT2D eigenvalue weighted by atomic mass is 10.1. The normalized spacial score (nSPS) is 10.8. The third-order valence-corrected chi connectivity index (χ3v) is 4.78. The fraction of sp³-hybridized carbons (Fsp3) is 0.185. The molecule has 0 spiro atoms. The molecule has 0 aliphatic rings. The number of ether oxygens (including phenoxy) is 3. The largest absolute Gasteiger partial charge is 0.494 e. The third kappa shape index (κ3) is 6.62. The summed E-state index contributed by atoms with van der Waals surface area (Å²) < 4.78 is 16.8. The zero-order chi connectivity index (χ0) is 23.6. The lowest BCUT2D eigenvalue weighted by molar-refractivity contribution is -0.112. The molecule has 33 heavy (non-hydrogen) atoms. The number of nitrogens with one attached hydrogen (secondary N) is 1. The maximum Gasteiger partial charge on any atom is 0.266 e. The smallest absolute Gasteiger partial charge is 0.266 e. The SMILES string of the molecule is CCOc1cccc(NC(=O)/C(C#N)=C\c2ccc(OCc3ccc(C)cc3)c(OC)c2)c1. The van der Waals surface area contributed by atoms with Crippen molar-refractivity contribution in [2.24, 2.45) is 0 Å². The number of methoxy groups -OCH3 is 1. The summed E-state index contributed by atoms with van der Waals surface area (Å²) in [5.74, 6) is 1.22. The molecule has 0 radical (unpaired) electrons. The molecule has 1 N–H and O–H groups in total. The summed E-state index contributed by atoms with van der Waals surface area (Å²) in [6, 6.07) is 22.3. The van der Waals surface area contributed by atoms with E-state index < -0.39 is 5.91 Å². The van der Waals surface area contributed by atoms with Gasteiger partial charge in [0.15, 0.2) is 11.5 Å². The molecule has 0 aliphatic heterocycles. The van der Waals surface area contributed by atoms with Gasteiger partial charge in [-0.2, -0.15) is 5.26 Å². The Hall–Kier alpha value is -4.24. The van der Waals surface area contributed by atoms with Crippen LogP contribution in [0.2, 0.25) is 0 Å². The van der Waals surface area contributed by atoms with Gasteiger partial charge in [0.2, 0.25) is 0 Å². The molecule has 0 atom stereocenters. The van der Waals surface area contributed by atoms with E-state index in [0.717, 1.165) is 5.56 Å². The van der Waals surface area contributed by atoms with E-state index >= 15 is 0 Å². The first kappa shape index (κ1) is 23.4. The average Bonchev–Trinajstić information content (AvgIpc) is 2.83. The molecular formula is C27H26N2O4. The van der Waals surface area contributed by atoms with Crippen molar-refractivity contribution in [3.8, 4) is 23.3 Å². The lowest BCUT2D eigenvalue weighted by Gasteiger charge is -2.12. The second-order valence-corrected chi connectivity index (χ2v) is 7.27. The van der Waals surface area contributed by atoms with Crippen molar-refractivity contribution in [3.63, 3.8) is 0 Å². The topological polar surface area (TPSA) is 80.6 Å². The van der Waals surface area contributed by atoms with E-state index in [0.29, 0.717) is 41.7 Å². The summed E-state index contributed by atoms with van der Waals surface area (Å²) in [6.45, 7) is 4.84. The minimum absolute atomic E-state index is 0.0350. The maximum atomic E-state index is 12.6. The fourth-order valence-electron chi connectivity index (χ4n) is 3.08. The quantitative estimate of drug-likeness (QED) is 0.348. The zero-order valence-electron chi connectivity index (χ0n) is 18.9. The van der Waals surface area contributed by atoms with Crippen LogP contribution >= 0.6 is 0 Å². The predicted octanol–water partition coefficient (Wildman–Crippen LogP) is 5.53. The van der Waals surface area contributed by atoms with Gasteiger partial charge in [0.1, 0.15) is 24.0 Å². The van der Waals surface area contributed by atoms with Crippen LogP contribution in [-0.2, 0) is 11.4 Å². The lowest BCUT2D eigenvalue weighted by Crippen LogP contribution is -2.13. The Bertz CT molecular complexity index is 1180. The summed E-state index contributed by atoms with van der Waals surface area (Å²) in [6.07, 6.45) is 1.51. The molecule has 168 valence electrons. The highest BCUT2D eigenvalue weighted by Gasteiger charge is 2.12. The maximum absolute atomic E-state index is 12.6.